The molecule has 0 heterocycles. The normalized spacial score (nSPS) is 14.5. The average molecular weight is 176 g/mol. The third-order valence-electron chi connectivity index (χ3n) is 1.92. The summed E-state index contributed by atoms with van der Waals surface area (Å²) >= 11 is 0. The molecule has 0 rings (SSSR count). The van der Waals surface area contributed by atoms with Crippen molar-refractivity contribution in [3.63, 3.8) is 0 Å². The molecule has 1 heteroatoms. The van der Waals surface area contributed by atoms with Crippen molar-refractivity contribution in [3.05, 3.63) is 0 Å². The second-order valence-corrected chi connectivity index (χ2v) is 10.5. The van der Waals surface area contributed by atoms with Gasteiger partial charge in [-0.05, 0) is 0 Å². The zero-order valence-electron chi connectivity index (χ0n) is 9.07. The van der Waals surface area contributed by atoms with Crippen LogP contribution in [0.15, 0.2) is 0 Å². The molecule has 0 atom stereocenters. The molecule has 0 aliphatic carbocycles. The summed E-state index contributed by atoms with van der Waals surface area (Å²) in [4.78, 5) is 0. The van der Waals surface area contributed by atoms with E-state index in [-0.39, 0.29) is 0 Å². The summed E-state index contributed by atoms with van der Waals surface area (Å²) in [5.41, 5.74) is 0. The summed E-state index contributed by atoms with van der Waals surface area (Å²) < 4.78 is 0. The van der Waals surface area contributed by atoms with Crippen molar-refractivity contribution < 1.29 is 0 Å². The number of hydrogen-bond donors (Lipinski definition) is 0. The first-order chi connectivity index (χ1) is 4.83. The Kier molecular flexibility index (Phi) is 4.63. The summed E-state index contributed by atoms with van der Waals surface area (Å²) in [6, 6.07) is 0. The minimum atomic E-state index is -0.829. The molecule has 70 valence electrons. The Labute approximate surface area is 73.1 Å². The van der Waals surface area contributed by atoms with Crippen LogP contribution in [0.1, 0.15) is 27.7 Å². The van der Waals surface area contributed by atoms with E-state index in [9.17, 15) is 0 Å². The molecule has 0 aromatic rings. The zero-order chi connectivity index (χ0) is 9.07. The van der Waals surface area contributed by atoms with Gasteiger partial charge in [0.1, 0.15) is 0 Å². The van der Waals surface area contributed by atoms with Gasteiger partial charge in [0.25, 0.3) is 0 Å². The topological polar surface area (TPSA) is 0 Å². The molecule has 11 heavy (non-hydrogen) atoms. The van der Waals surface area contributed by atoms with Crippen LogP contribution in [0.3, 0.4) is 0 Å². The third-order valence-corrected chi connectivity index (χ3v) is 5.77. The van der Waals surface area contributed by atoms with Gasteiger partial charge in [0.15, 0.2) is 0 Å². The molecule has 0 saturated carbocycles. The molecular formula is C10H25P. The van der Waals surface area contributed by atoms with E-state index < -0.39 is 7.26 Å². The van der Waals surface area contributed by atoms with Gasteiger partial charge < -0.3 is 0 Å². The molecule has 0 aromatic heterocycles. The van der Waals surface area contributed by atoms with Crippen molar-refractivity contribution in [1.82, 2.24) is 0 Å². The predicted octanol–water partition coefficient (Wildman–Crippen LogP) is 3.31. The van der Waals surface area contributed by atoms with Crippen LogP contribution in [0, 0.1) is 11.8 Å². The van der Waals surface area contributed by atoms with Crippen LogP contribution >= 0.6 is 7.26 Å². The van der Waals surface area contributed by atoms with E-state index >= 15 is 0 Å². The van der Waals surface area contributed by atoms with Gasteiger partial charge in [-0.15, -0.1) is 0 Å². The SMILES string of the molecule is CC(C)C[PH](C)(C)CC(C)C. The maximum absolute atomic E-state index is 2.52. The quantitative estimate of drug-likeness (QED) is 0.576. The first kappa shape index (κ1) is 11.4. The van der Waals surface area contributed by atoms with Gasteiger partial charge in [0.2, 0.25) is 0 Å². The summed E-state index contributed by atoms with van der Waals surface area (Å²) in [6.45, 7) is 14.4. The Morgan fingerprint density at radius 3 is 1.27 bits per heavy atom. The molecule has 0 spiro atoms. The summed E-state index contributed by atoms with van der Waals surface area (Å²) in [7, 11) is -0.829. The Bertz CT molecular complexity index is 91.4. The van der Waals surface area contributed by atoms with Gasteiger partial charge in [0.05, 0.1) is 0 Å². The van der Waals surface area contributed by atoms with Crippen LogP contribution < -0.4 is 0 Å². The van der Waals surface area contributed by atoms with E-state index in [1.807, 2.05) is 0 Å². The average Bonchev–Trinajstić information content (AvgIpc) is 1.53. The molecule has 0 fully saturated rings. The molecule has 0 aromatic carbocycles. The number of hydrogen-bond acceptors (Lipinski definition) is 0. The van der Waals surface area contributed by atoms with Crippen LogP contribution in [-0.2, 0) is 0 Å². The van der Waals surface area contributed by atoms with Crippen molar-refractivity contribution in [1.29, 1.82) is 0 Å². The predicted molar refractivity (Wildman–Crippen MR) is 59.6 cm³/mol. The van der Waals surface area contributed by atoms with E-state index in [0.717, 1.165) is 11.8 Å². The summed E-state index contributed by atoms with van der Waals surface area (Å²) in [5, 5.41) is 0. The first-order valence-electron chi connectivity index (χ1n) is 4.83. The molecule has 0 aliphatic heterocycles. The van der Waals surface area contributed by atoms with Gasteiger partial charge in [-0.25, -0.2) is 0 Å². The molecule has 0 N–H and O–H groups in total. The molecule has 0 radical (unpaired) electrons. The van der Waals surface area contributed by atoms with Gasteiger partial charge in [-0.3, -0.25) is 0 Å². The van der Waals surface area contributed by atoms with E-state index in [1.54, 1.807) is 0 Å². The van der Waals surface area contributed by atoms with Gasteiger partial charge >= 0.3 is 72.4 Å². The van der Waals surface area contributed by atoms with Crippen molar-refractivity contribution in [2.75, 3.05) is 25.7 Å². The second-order valence-electron chi connectivity index (χ2n) is 5.36. The third kappa shape index (κ3) is 6.81. The fourth-order valence-electron chi connectivity index (χ4n) is 2.29. The Morgan fingerprint density at radius 2 is 1.09 bits per heavy atom. The van der Waals surface area contributed by atoms with Crippen molar-refractivity contribution in [2.24, 2.45) is 11.8 Å². The van der Waals surface area contributed by atoms with Crippen molar-refractivity contribution in [2.45, 2.75) is 27.7 Å². The standard InChI is InChI=1S/C10H25P/c1-9(2)7-11(5,6)8-10(3)4/h9-11H,7-8H2,1-6H3. The van der Waals surface area contributed by atoms with Crippen LogP contribution in [0.2, 0.25) is 0 Å². The second kappa shape index (κ2) is 4.45. The van der Waals surface area contributed by atoms with Crippen molar-refractivity contribution >= 4 is 7.26 Å². The van der Waals surface area contributed by atoms with E-state index in [0.29, 0.717) is 0 Å². The Hall–Kier alpha value is 0.430. The zero-order valence-corrected chi connectivity index (χ0v) is 10.1. The van der Waals surface area contributed by atoms with Crippen LogP contribution in [-0.4, -0.2) is 25.7 Å². The summed E-state index contributed by atoms with van der Waals surface area (Å²) in [5.74, 6) is 1.80. The molecule has 0 unspecified atom stereocenters. The van der Waals surface area contributed by atoms with Crippen LogP contribution in [0.25, 0.3) is 0 Å². The molecule has 0 aliphatic rings. The monoisotopic (exact) mass is 176 g/mol. The van der Waals surface area contributed by atoms with Crippen LogP contribution in [0.5, 0.6) is 0 Å². The van der Waals surface area contributed by atoms with Crippen molar-refractivity contribution in [3.8, 4) is 0 Å². The first-order valence-corrected chi connectivity index (χ1v) is 8.25. The summed E-state index contributed by atoms with van der Waals surface area (Å²) in [6.07, 6.45) is 2.98. The van der Waals surface area contributed by atoms with Gasteiger partial charge in [-0.1, -0.05) is 0 Å². The van der Waals surface area contributed by atoms with Crippen LogP contribution in [0.4, 0.5) is 0 Å². The number of rotatable bonds is 4. The van der Waals surface area contributed by atoms with Gasteiger partial charge in [-0.2, -0.15) is 0 Å². The van der Waals surface area contributed by atoms with Gasteiger partial charge in [0, 0.05) is 0 Å². The van der Waals surface area contributed by atoms with E-state index in [2.05, 4.69) is 41.0 Å². The van der Waals surface area contributed by atoms with E-state index in [1.165, 1.54) is 12.3 Å². The Balaban J connectivity index is 3.79. The molecule has 0 amide bonds. The maximum atomic E-state index is 2.52. The Morgan fingerprint density at radius 1 is 0.818 bits per heavy atom. The molecular weight excluding hydrogens is 151 g/mol. The molecule has 0 nitrogen and oxygen atoms in total. The van der Waals surface area contributed by atoms with E-state index in [4.69, 9.17) is 0 Å². The molecule has 0 bridgehead atoms. The minimum absolute atomic E-state index is 0.829. The fraction of sp³-hybridized carbons (Fsp3) is 1.00. The fourth-order valence-corrected chi connectivity index (χ4v) is 6.88. The molecule has 0 saturated heterocycles.